The number of halogens is 2. The van der Waals surface area contributed by atoms with E-state index in [1.54, 1.807) is 0 Å². The van der Waals surface area contributed by atoms with E-state index in [1.807, 2.05) is 0 Å². The fraction of sp³-hybridized carbons (Fsp3) is 0.846. The minimum absolute atomic E-state index is 0.0793. The summed E-state index contributed by atoms with van der Waals surface area (Å²) in [6.07, 6.45) is 0.0914. The first-order chi connectivity index (χ1) is 8.63. The van der Waals surface area contributed by atoms with E-state index < -0.39 is 23.2 Å². The molecule has 1 N–H and O–H groups in total. The zero-order valence-electron chi connectivity index (χ0n) is 11.2. The molecule has 4 nitrogen and oxygen atoms in total. The van der Waals surface area contributed by atoms with Gasteiger partial charge in [0.25, 0.3) is 5.92 Å². The molecular formula is C13H19F2NO3. The smallest absolute Gasteiger partial charge is 0.310 e. The number of piperidine rings is 1. The van der Waals surface area contributed by atoms with Gasteiger partial charge in [-0.3, -0.25) is 9.59 Å². The summed E-state index contributed by atoms with van der Waals surface area (Å²) >= 11 is 0. The van der Waals surface area contributed by atoms with Gasteiger partial charge < -0.3 is 10.0 Å². The zero-order chi connectivity index (χ0) is 14.4. The van der Waals surface area contributed by atoms with E-state index in [1.165, 1.54) is 18.7 Å². The summed E-state index contributed by atoms with van der Waals surface area (Å²) in [6, 6.07) is 0. The molecule has 0 aromatic rings. The third-order valence-electron chi connectivity index (χ3n) is 4.33. The summed E-state index contributed by atoms with van der Waals surface area (Å²) in [5.41, 5.74) is -1.05. The van der Waals surface area contributed by atoms with Crippen molar-refractivity contribution in [1.82, 2.24) is 4.90 Å². The monoisotopic (exact) mass is 275 g/mol. The fourth-order valence-corrected chi connectivity index (χ4v) is 3.04. The highest BCUT2D eigenvalue weighted by molar-refractivity contribution is 5.79. The van der Waals surface area contributed by atoms with Crippen molar-refractivity contribution in [2.75, 3.05) is 13.1 Å². The maximum atomic E-state index is 13.6. The minimum atomic E-state index is -2.74. The van der Waals surface area contributed by atoms with E-state index >= 15 is 0 Å². The first-order valence-corrected chi connectivity index (χ1v) is 6.52. The van der Waals surface area contributed by atoms with Gasteiger partial charge in [-0.25, -0.2) is 8.78 Å². The summed E-state index contributed by atoms with van der Waals surface area (Å²) in [4.78, 5) is 24.4. The van der Waals surface area contributed by atoms with Crippen LogP contribution in [0, 0.1) is 17.3 Å². The molecule has 6 heteroatoms. The van der Waals surface area contributed by atoms with Crippen LogP contribution in [0.25, 0.3) is 0 Å². The number of carbonyl (C=O) groups is 2. The molecule has 0 aromatic carbocycles. The maximum Gasteiger partial charge on any atom is 0.310 e. The molecule has 2 aliphatic rings. The number of hydrogen-bond acceptors (Lipinski definition) is 2. The number of carboxylic acid groups (broad SMARTS) is 1. The van der Waals surface area contributed by atoms with Gasteiger partial charge in [-0.05, 0) is 26.2 Å². The van der Waals surface area contributed by atoms with Crippen LogP contribution in [0.15, 0.2) is 0 Å². The molecule has 0 aromatic heterocycles. The third-order valence-corrected chi connectivity index (χ3v) is 4.33. The lowest BCUT2D eigenvalue weighted by atomic mass is 9.84. The number of amides is 1. The standard InChI is InChI=1S/C13H19F2NO3/c1-12(2,11(18)19)7-16-6-8-3-4-13(14,15)9(8)5-10(16)17/h8-9H,3-7H2,1-2H3,(H,18,19). The first-order valence-electron chi connectivity index (χ1n) is 6.52. The van der Waals surface area contributed by atoms with Gasteiger partial charge in [-0.15, -0.1) is 0 Å². The number of aliphatic carboxylic acids is 1. The molecule has 1 aliphatic heterocycles. The predicted molar refractivity (Wildman–Crippen MR) is 63.8 cm³/mol. The van der Waals surface area contributed by atoms with Gasteiger partial charge in [0.15, 0.2) is 0 Å². The van der Waals surface area contributed by atoms with Crippen LogP contribution >= 0.6 is 0 Å². The molecule has 2 unspecified atom stereocenters. The Morgan fingerprint density at radius 1 is 1.53 bits per heavy atom. The van der Waals surface area contributed by atoms with Gasteiger partial charge in [-0.1, -0.05) is 0 Å². The Labute approximate surface area is 110 Å². The van der Waals surface area contributed by atoms with Crippen LogP contribution in [0.3, 0.4) is 0 Å². The van der Waals surface area contributed by atoms with Crippen LogP contribution in [-0.4, -0.2) is 40.9 Å². The quantitative estimate of drug-likeness (QED) is 0.857. The molecule has 1 saturated carbocycles. The van der Waals surface area contributed by atoms with E-state index in [0.717, 1.165) is 0 Å². The SMILES string of the molecule is CC(C)(CN1CC2CCC(F)(F)C2CC1=O)C(=O)O. The zero-order valence-corrected chi connectivity index (χ0v) is 11.2. The third kappa shape index (κ3) is 2.58. The lowest BCUT2D eigenvalue weighted by molar-refractivity contribution is -0.153. The predicted octanol–water partition coefficient (Wildman–Crippen LogP) is 1.99. The maximum absolute atomic E-state index is 13.6. The second kappa shape index (κ2) is 4.42. The van der Waals surface area contributed by atoms with E-state index in [0.29, 0.717) is 6.42 Å². The average Bonchev–Trinajstić information content (AvgIpc) is 2.55. The average molecular weight is 275 g/mol. The molecule has 0 spiro atoms. The van der Waals surface area contributed by atoms with Gasteiger partial charge in [0.05, 0.1) is 5.41 Å². The lowest BCUT2D eigenvalue weighted by Crippen LogP contribution is -2.50. The van der Waals surface area contributed by atoms with Crippen LogP contribution in [-0.2, 0) is 9.59 Å². The number of alkyl halides is 2. The molecule has 108 valence electrons. The number of carboxylic acids is 1. The Morgan fingerprint density at radius 3 is 2.74 bits per heavy atom. The highest BCUT2D eigenvalue weighted by atomic mass is 19.3. The highest BCUT2D eigenvalue weighted by Crippen LogP contribution is 2.48. The number of likely N-dealkylation sites (tertiary alicyclic amines) is 1. The first kappa shape index (κ1) is 14.2. The molecule has 2 rings (SSSR count). The summed E-state index contributed by atoms with van der Waals surface area (Å²) in [5.74, 6) is -5.13. The van der Waals surface area contributed by atoms with Crippen LogP contribution in [0.4, 0.5) is 8.78 Å². The van der Waals surface area contributed by atoms with Crippen molar-refractivity contribution in [3.8, 4) is 0 Å². The molecule has 1 amide bonds. The second-order valence-corrected chi connectivity index (χ2v) is 6.33. The topological polar surface area (TPSA) is 57.6 Å². The van der Waals surface area contributed by atoms with Crippen molar-refractivity contribution in [3.05, 3.63) is 0 Å². The molecule has 0 bridgehead atoms. The van der Waals surface area contributed by atoms with Gasteiger partial charge in [0, 0.05) is 31.8 Å². The Balaban J connectivity index is 2.07. The number of hydrogen-bond donors (Lipinski definition) is 1. The largest absolute Gasteiger partial charge is 0.481 e. The highest BCUT2D eigenvalue weighted by Gasteiger charge is 2.54. The van der Waals surface area contributed by atoms with Gasteiger partial charge >= 0.3 is 5.97 Å². The number of rotatable bonds is 3. The lowest BCUT2D eigenvalue weighted by Gasteiger charge is -2.39. The van der Waals surface area contributed by atoms with E-state index in [2.05, 4.69) is 0 Å². The molecule has 2 atom stereocenters. The second-order valence-electron chi connectivity index (χ2n) is 6.33. The Morgan fingerprint density at radius 2 is 2.16 bits per heavy atom. The molecule has 19 heavy (non-hydrogen) atoms. The summed E-state index contributed by atoms with van der Waals surface area (Å²) in [6.45, 7) is 3.42. The van der Waals surface area contributed by atoms with Crippen LogP contribution < -0.4 is 0 Å². The van der Waals surface area contributed by atoms with Gasteiger partial charge in [0.1, 0.15) is 0 Å². The Kier molecular flexibility index (Phi) is 3.31. The molecule has 0 radical (unpaired) electrons. The van der Waals surface area contributed by atoms with E-state index in [4.69, 9.17) is 5.11 Å². The van der Waals surface area contributed by atoms with Crippen molar-refractivity contribution in [2.24, 2.45) is 17.3 Å². The van der Waals surface area contributed by atoms with Crippen molar-refractivity contribution in [1.29, 1.82) is 0 Å². The van der Waals surface area contributed by atoms with Crippen molar-refractivity contribution in [2.45, 2.75) is 39.0 Å². The fourth-order valence-electron chi connectivity index (χ4n) is 3.04. The van der Waals surface area contributed by atoms with E-state index in [-0.39, 0.29) is 37.8 Å². The van der Waals surface area contributed by atoms with E-state index in [9.17, 15) is 18.4 Å². The number of nitrogens with zero attached hydrogens (tertiary/aromatic N) is 1. The van der Waals surface area contributed by atoms with Crippen LogP contribution in [0.5, 0.6) is 0 Å². The van der Waals surface area contributed by atoms with Gasteiger partial charge in [0.2, 0.25) is 5.91 Å². The molecule has 1 saturated heterocycles. The summed E-state index contributed by atoms with van der Waals surface area (Å²) < 4.78 is 27.2. The summed E-state index contributed by atoms with van der Waals surface area (Å²) in [7, 11) is 0. The van der Waals surface area contributed by atoms with Crippen molar-refractivity contribution >= 4 is 11.9 Å². The van der Waals surface area contributed by atoms with Crippen molar-refractivity contribution in [3.63, 3.8) is 0 Å². The Bertz CT molecular complexity index is 409. The number of fused-ring (bicyclic) bond motifs is 1. The molecule has 1 aliphatic carbocycles. The van der Waals surface area contributed by atoms with Gasteiger partial charge in [-0.2, -0.15) is 0 Å². The normalized spacial score (nSPS) is 30.3. The summed E-state index contributed by atoms with van der Waals surface area (Å²) in [5, 5.41) is 9.07. The van der Waals surface area contributed by atoms with Crippen LogP contribution in [0.1, 0.15) is 33.1 Å². The Hall–Kier alpha value is -1.20. The molecule has 2 fully saturated rings. The molecule has 1 heterocycles. The minimum Gasteiger partial charge on any atom is -0.481 e. The number of carbonyl (C=O) groups excluding carboxylic acids is 1. The van der Waals surface area contributed by atoms with Crippen LogP contribution in [0.2, 0.25) is 0 Å². The molecular weight excluding hydrogens is 256 g/mol. The van der Waals surface area contributed by atoms with Crippen molar-refractivity contribution < 1.29 is 23.5 Å².